The van der Waals surface area contributed by atoms with E-state index in [1.165, 1.54) is 0 Å². The molecule has 1 aromatic carbocycles. The number of thiazole rings is 1. The molecule has 0 aliphatic rings. The van der Waals surface area contributed by atoms with Crippen LogP contribution in [0.1, 0.15) is 5.01 Å². The van der Waals surface area contributed by atoms with Crippen molar-refractivity contribution < 1.29 is 0 Å². The first-order valence-electron chi connectivity index (χ1n) is 6.12. The van der Waals surface area contributed by atoms with Gasteiger partial charge in [-0.2, -0.15) is 0 Å². The Bertz CT molecular complexity index is 782. The third-order valence-electron chi connectivity index (χ3n) is 3.00. The molecule has 0 spiro atoms. The van der Waals surface area contributed by atoms with Crippen LogP contribution in [0.5, 0.6) is 0 Å². The highest BCUT2D eigenvalue weighted by molar-refractivity contribution is 7.09. The second kappa shape index (κ2) is 5.00. The molecule has 0 unspecified atom stereocenters. The second-order valence-electron chi connectivity index (χ2n) is 4.69. The molecule has 0 radical (unpaired) electrons. The van der Waals surface area contributed by atoms with E-state index in [4.69, 9.17) is 11.6 Å². The Morgan fingerprint density at radius 2 is 1.95 bits per heavy atom. The van der Waals surface area contributed by atoms with E-state index in [0.29, 0.717) is 11.0 Å². The van der Waals surface area contributed by atoms with Crippen LogP contribution in [0.3, 0.4) is 0 Å². The van der Waals surface area contributed by atoms with Gasteiger partial charge in [-0.25, -0.2) is 15.0 Å². The summed E-state index contributed by atoms with van der Waals surface area (Å²) in [6.07, 6.45) is 0. The van der Waals surface area contributed by atoms with Gasteiger partial charge in [-0.15, -0.1) is 11.3 Å². The maximum absolute atomic E-state index is 6.30. The molecule has 6 heteroatoms. The number of aromatic nitrogens is 3. The van der Waals surface area contributed by atoms with E-state index in [0.717, 1.165) is 27.3 Å². The van der Waals surface area contributed by atoms with Gasteiger partial charge < -0.3 is 4.90 Å². The molecular weight excluding hydrogens is 292 g/mol. The van der Waals surface area contributed by atoms with Crippen molar-refractivity contribution in [1.82, 2.24) is 15.0 Å². The number of hydrogen-bond acceptors (Lipinski definition) is 5. The van der Waals surface area contributed by atoms with Crippen molar-refractivity contribution in [2.24, 2.45) is 0 Å². The number of nitrogens with zero attached hydrogens (tertiary/aromatic N) is 4. The molecule has 0 fully saturated rings. The average Bonchev–Trinajstić information content (AvgIpc) is 2.85. The van der Waals surface area contributed by atoms with Gasteiger partial charge in [0.1, 0.15) is 10.8 Å². The molecular formula is C14H13ClN4S. The molecule has 0 atom stereocenters. The van der Waals surface area contributed by atoms with Gasteiger partial charge in [0, 0.05) is 30.5 Å². The Balaban J connectivity index is 2.17. The Morgan fingerprint density at radius 3 is 2.60 bits per heavy atom. The number of hydrogen-bond donors (Lipinski definition) is 0. The van der Waals surface area contributed by atoms with Crippen LogP contribution in [0, 0.1) is 6.92 Å². The molecule has 0 N–H and O–H groups in total. The standard InChI is InChI=1S/C14H13ClN4S/c1-8-16-12(7-20-8)14-17-11-5-4-9(19(2)3)6-10(11)13(15)18-14/h4-7H,1-3H3. The third kappa shape index (κ3) is 2.34. The number of aryl methyl sites for hydroxylation is 1. The fourth-order valence-electron chi connectivity index (χ4n) is 1.94. The van der Waals surface area contributed by atoms with Crippen molar-refractivity contribution in [3.05, 3.63) is 33.7 Å². The normalized spacial score (nSPS) is 11.0. The van der Waals surface area contributed by atoms with Gasteiger partial charge in [0.2, 0.25) is 0 Å². The monoisotopic (exact) mass is 304 g/mol. The first-order chi connectivity index (χ1) is 9.54. The summed E-state index contributed by atoms with van der Waals surface area (Å²) < 4.78 is 0. The van der Waals surface area contributed by atoms with Crippen LogP contribution in [0.2, 0.25) is 5.15 Å². The summed E-state index contributed by atoms with van der Waals surface area (Å²) in [4.78, 5) is 15.3. The lowest BCUT2D eigenvalue weighted by molar-refractivity contribution is 1.13. The minimum Gasteiger partial charge on any atom is -0.378 e. The van der Waals surface area contributed by atoms with Gasteiger partial charge in [-0.3, -0.25) is 0 Å². The predicted molar refractivity (Wildman–Crippen MR) is 84.7 cm³/mol. The molecule has 0 aliphatic heterocycles. The second-order valence-corrected chi connectivity index (χ2v) is 6.11. The van der Waals surface area contributed by atoms with Gasteiger partial charge >= 0.3 is 0 Å². The maximum atomic E-state index is 6.30. The van der Waals surface area contributed by atoms with E-state index in [1.54, 1.807) is 11.3 Å². The highest BCUT2D eigenvalue weighted by Gasteiger charge is 2.11. The number of halogens is 1. The molecule has 20 heavy (non-hydrogen) atoms. The highest BCUT2D eigenvalue weighted by Crippen LogP contribution is 2.28. The van der Waals surface area contributed by atoms with Crippen molar-refractivity contribution >= 4 is 39.5 Å². The summed E-state index contributed by atoms with van der Waals surface area (Å²) in [5, 5.41) is 4.25. The van der Waals surface area contributed by atoms with Crippen LogP contribution in [-0.2, 0) is 0 Å². The summed E-state index contributed by atoms with van der Waals surface area (Å²) in [5.41, 5.74) is 2.67. The number of anilines is 1. The molecule has 3 rings (SSSR count). The zero-order valence-electron chi connectivity index (χ0n) is 11.4. The predicted octanol–water partition coefficient (Wildman–Crippen LogP) is 3.78. The summed E-state index contributed by atoms with van der Waals surface area (Å²) in [5.74, 6) is 0.574. The van der Waals surface area contributed by atoms with Gasteiger partial charge in [0.25, 0.3) is 0 Å². The smallest absolute Gasteiger partial charge is 0.181 e. The number of fused-ring (bicyclic) bond motifs is 1. The van der Waals surface area contributed by atoms with Crippen molar-refractivity contribution in [3.8, 4) is 11.5 Å². The quantitative estimate of drug-likeness (QED) is 0.676. The minimum atomic E-state index is 0.458. The zero-order valence-corrected chi connectivity index (χ0v) is 13.0. The Kier molecular flexibility index (Phi) is 3.31. The van der Waals surface area contributed by atoms with E-state index in [1.807, 2.05) is 49.5 Å². The maximum Gasteiger partial charge on any atom is 0.181 e. The molecule has 102 valence electrons. The molecule has 0 aliphatic carbocycles. The Labute approximate surface area is 126 Å². The highest BCUT2D eigenvalue weighted by atomic mass is 35.5. The lowest BCUT2D eigenvalue weighted by Crippen LogP contribution is -2.08. The minimum absolute atomic E-state index is 0.458. The average molecular weight is 305 g/mol. The zero-order chi connectivity index (χ0) is 14.3. The van der Waals surface area contributed by atoms with Gasteiger partial charge in [0.05, 0.1) is 10.5 Å². The first kappa shape index (κ1) is 13.3. The van der Waals surface area contributed by atoms with Crippen molar-refractivity contribution in [2.75, 3.05) is 19.0 Å². The molecule has 2 heterocycles. The fraction of sp³-hybridized carbons (Fsp3) is 0.214. The van der Waals surface area contributed by atoms with Gasteiger partial charge in [-0.05, 0) is 25.1 Å². The topological polar surface area (TPSA) is 41.9 Å². The summed E-state index contributed by atoms with van der Waals surface area (Å²) in [6.45, 7) is 1.96. The summed E-state index contributed by atoms with van der Waals surface area (Å²) >= 11 is 7.88. The van der Waals surface area contributed by atoms with Crippen LogP contribution in [0.25, 0.3) is 22.4 Å². The lowest BCUT2D eigenvalue weighted by Gasteiger charge is -2.13. The van der Waals surface area contributed by atoms with Crippen molar-refractivity contribution in [2.45, 2.75) is 6.92 Å². The first-order valence-corrected chi connectivity index (χ1v) is 7.37. The van der Waals surface area contributed by atoms with Gasteiger partial charge in [0.15, 0.2) is 5.82 Å². The van der Waals surface area contributed by atoms with E-state index in [9.17, 15) is 0 Å². The fourth-order valence-corrected chi connectivity index (χ4v) is 2.76. The van der Waals surface area contributed by atoms with E-state index < -0.39 is 0 Å². The molecule has 0 saturated heterocycles. The van der Waals surface area contributed by atoms with Crippen LogP contribution in [0.15, 0.2) is 23.6 Å². The molecule has 0 amide bonds. The lowest BCUT2D eigenvalue weighted by atomic mass is 10.2. The summed E-state index contributed by atoms with van der Waals surface area (Å²) in [7, 11) is 3.98. The molecule has 3 aromatic rings. The summed E-state index contributed by atoms with van der Waals surface area (Å²) in [6, 6.07) is 5.97. The largest absolute Gasteiger partial charge is 0.378 e. The Morgan fingerprint density at radius 1 is 1.15 bits per heavy atom. The van der Waals surface area contributed by atoms with E-state index in [-0.39, 0.29) is 0 Å². The SMILES string of the molecule is Cc1nc(-c2nc(Cl)c3cc(N(C)C)ccc3n2)cs1. The third-order valence-corrected chi connectivity index (χ3v) is 4.06. The van der Waals surface area contributed by atoms with Gasteiger partial charge in [-0.1, -0.05) is 11.6 Å². The van der Waals surface area contributed by atoms with Crippen LogP contribution >= 0.6 is 22.9 Å². The van der Waals surface area contributed by atoms with Crippen molar-refractivity contribution in [1.29, 1.82) is 0 Å². The van der Waals surface area contributed by atoms with E-state index in [2.05, 4.69) is 15.0 Å². The molecule has 0 bridgehead atoms. The number of rotatable bonds is 2. The number of benzene rings is 1. The molecule has 4 nitrogen and oxygen atoms in total. The Hall–Kier alpha value is -1.72. The van der Waals surface area contributed by atoms with Crippen LogP contribution in [-0.4, -0.2) is 29.0 Å². The molecule has 2 aromatic heterocycles. The van der Waals surface area contributed by atoms with Crippen LogP contribution < -0.4 is 4.90 Å². The van der Waals surface area contributed by atoms with Crippen molar-refractivity contribution in [3.63, 3.8) is 0 Å². The van der Waals surface area contributed by atoms with Crippen LogP contribution in [0.4, 0.5) is 5.69 Å². The van der Waals surface area contributed by atoms with E-state index >= 15 is 0 Å². The molecule has 0 saturated carbocycles.